The second-order valence-corrected chi connectivity index (χ2v) is 5.56. The third kappa shape index (κ3) is 2.84. The molecule has 0 spiro atoms. The molecule has 0 bridgehead atoms. The first kappa shape index (κ1) is 14.6. The van der Waals surface area contributed by atoms with Crippen LogP contribution in [-0.4, -0.2) is 9.78 Å². The molecule has 22 heavy (non-hydrogen) atoms. The molecule has 0 aliphatic heterocycles. The fourth-order valence-corrected chi connectivity index (χ4v) is 2.88. The monoisotopic (exact) mass is 305 g/mol. The van der Waals surface area contributed by atoms with Crippen molar-refractivity contribution in [1.82, 2.24) is 9.78 Å². The zero-order valence-electron chi connectivity index (χ0n) is 11.8. The highest BCUT2D eigenvalue weighted by Crippen LogP contribution is 2.34. The van der Waals surface area contributed by atoms with Gasteiger partial charge < -0.3 is 0 Å². The van der Waals surface area contributed by atoms with Crippen LogP contribution in [0.1, 0.15) is 42.9 Å². The highest BCUT2D eigenvalue weighted by atomic mass is 19.4. The second-order valence-electron chi connectivity index (χ2n) is 5.56. The molecule has 6 heteroatoms. The number of nitrogens with zero attached hydrogens (tertiary/aromatic N) is 3. The lowest BCUT2D eigenvalue weighted by molar-refractivity contribution is -0.137. The molecule has 0 atom stereocenters. The van der Waals surface area contributed by atoms with Gasteiger partial charge in [0.1, 0.15) is 0 Å². The number of halogens is 3. The molecule has 1 aromatic carbocycles. The predicted octanol–water partition coefficient (Wildman–Crippen LogP) is 4.56. The summed E-state index contributed by atoms with van der Waals surface area (Å²) < 4.78 is 40.6. The summed E-state index contributed by atoms with van der Waals surface area (Å²) in [4.78, 5) is 0. The van der Waals surface area contributed by atoms with Crippen molar-refractivity contribution in [2.24, 2.45) is 0 Å². The summed E-state index contributed by atoms with van der Waals surface area (Å²) in [6.45, 7) is 0. The van der Waals surface area contributed by atoms with Gasteiger partial charge in [0.05, 0.1) is 29.4 Å². The van der Waals surface area contributed by atoms with Crippen LogP contribution < -0.4 is 0 Å². The molecule has 2 aromatic rings. The van der Waals surface area contributed by atoms with Crippen LogP contribution in [0.5, 0.6) is 0 Å². The minimum absolute atomic E-state index is 0.00144. The number of nitriles is 1. The highest BCUT2D eigenvalue weighted by molar-refractivity contribution is 5.65. The van der Waals surface area contributed by atoms with Crippen LogP contribution in [0.15, 0.2) is 30.6 Å². The van der Waals surface area contributed by atoms with Gasteiger partial charge in [0, 0.05) is 11.8 Å². The van der Waals surface area contributed by atoms with Crippen LogP contribution in [0.3, 0.4) is 0 Å². The molecular formula is C16H14F3N3. The van der Waals surface area contributed by atoms with Crippen molar-refractivity contribution in [3.8, 4) is 17.2 Å². The fourth-order valence-electron chi connectivity index (χ4n) is 2.88. The van der Waals surface area contributed by atoms with E-state index in [1.807, 2.05) is 4.68 Å². The molecule has 0 N–H and O–H groups in total. The van der Waals surface area contributed by atoms with Crippen molar-refractivity contribution in [1.29, 1.82) is 5.26 Å². The van der Waals surface area contributed by atoms with E-state index in [1.165, 1.54) is 6.07 Å². The summed E-state index contributed by atoms with van der Waals surface area (Å²) >= 11 is 0. The minimum Gasteiger partial charge on any atom is -0.269 e. The Morgan fingerprint density at radius 2 is 1.86 bits per heavy atom. The second kappa shape index (κ2) is 5.48. The Balaban J connectivity index is 1.99. The summed E-state index contributed by atoms with van der Waals surface area (Å²) in [5.74, 6) is 0. The van der Waals surface area contributed by atoms with Crippen molar-refractivity contribution in [3.05, 3.63) is 41.7 Å². The normalized spacial score (nSPS) is 15.9. The maximum absolute atomic E-state index is 12.9. The maximum atomic E-state index is 12.9. The Kier molecular flexibility index (Phi) is 3.65. The molecule has 0 radical (unpaired) electrons. The molecule has 0 unspecified atom stereocenters. The van der Waals surface area contributed by atoms with Gasteiger partial charge in [-0.2, -0.15) is 23.5 Å². The van der Waals surface area contributed by atoms with E-state index < -0.39 is 11.7 Å². The molecule has 3 rings (SSSR count). The molecule has 114 valence electrons. The Morgan fingerprint density at radius 1 is 1.14 bits per heavy atom. The lowest BCUT2D eigenvalue weighted by Crippen LogP contribution is -2.05. The van der Waals surface area contributed by atoms with Crippen molar-refractivity contribution in [3.63, 3.8) is 0 Å². The number of rotatable bonds is 2. The summed E-state index contributed by atoms with van der Waals surface area (Å²) in [6, 6.07) is 5.51. The average Bonchev–Trinajstić information content (AvgIpc) is 3.16. The van der Waals surface area contributed by atoms with Gasteiger partial charge in [-0.3, -0.25) is 4.68 Å². The standard InChI is InChI=1S/C16H14F3N3/c17-16(18,19)14-6-11(8-20)5-12(7-14)13-9-21-22(10-13)15-3-1-2-4-15/h5-7,9-10,15H,1-4H2. The topological polar surface area (TPSA) is 41.6 Å². The zero-order valence-corrected chi connectivity index (χ0v) is 11.8. The van der Waals surface area contributed by atoms with E-state index in [9.17, 15) is 13.2 Å². The smallest absolute Gasteiger partial charge is 0.269 e. The van der Waals surface area contributed by atoms with E-state index in [-0.39, 0.29) is 5.56 Å². The first-order chi connectivity index (χ1) is 10.5. The van der Waals surface area contributed by atoms with Gasteiger partial charge in [0.2, 0.25) is 0 Å². The Hall–Kier alpha value is -2.29. The van der Waals surface area contributed by atoms with Crippen LogP contribution in [0, 0.1) is 11.3 Å². The minimum atomic E-state index is -4.47. The average molecular weight is 305 g/mol. The van der Waals surface area contributed by atoms with Gasteiger partial charge in [-0.25, -0.2) is 0 Å². The van der Waals surface area contributed by atoms with Crippen LogP contribution in [0.4, 0.5) is 13.2 Å². The molecule has 1 aliphatic carbocycles. The van der Waals surface area contributed by atoms with Gasteiger partial charge >= 0.3 is 6.18 Å². The first-order valence-electron chi connectivity index (χ1n) is 7.14. The van der Waals surface area contributed by atoms with Crippen LogP contribution >= 0.6 is 0 Å². The predicted molar refractivity (Wildman–Crippen MR) is 74.9 cm³/mol. The SMILES string of the molecule is N#Cc1cc(-c2cnn(C3CCCC3)c2)cc(C(F)(F)F)c1. The maximum Gasteiger partial charge on any atom is 0.416 e. The van der Waals surface area contributed by atoms with E-state index in [0.29, 0.717) is 17.2 Å². The summed E-state index contributed by atoms with van der Waals surface area (Å²) in [6.07, 6.45) is 3.27. The van der Waals surface area contributed by atoms with E-state index >= 15 is 0 Å². The summed E-state index contributed by atoms with van der Waals surface area (Å²) in [7, 11) is 0. The van der Waals surface area contributed by atoms with Crippen LogP contribution in [0.25, 0.3) is 11.1 Å². The zero-order chi connectivity index (χ0) is 15.7. The highest BCUT2D eigenvalue weighted by Gasteiger charge is 2.31. The van der Waals surface area contributed by atoms with Gasteiger partial charge in [-0.15, -0.1) is 0 Å². The molecule has 3 nitrogen and oxygen atoms in total. The Morgan fingerprint density at radius 3 is 2.50 bits per heavy atom. The third-order valence-electron chi connectivity index (χ3n) is 4.02. The van der Waals surface area contributed by atoms with E-state index in [2.05, 4.69) is 5.10 Å². The largest absolute Gasteiger partial charge is 0.416 e. The number of hydrogen-bond donors (Lipinski definition) is 0. The van der Waals surface area contributed by atoms with Gasteiger partial charge in [0.25, 0.3) is 0 Å². The van der Waals surface area contributed by atoms with Gasteiger partial charge in [-0.1, -0.05) is 12.8 Å². The summed E-state index contributed by atoms with van der Waals surface area (Å²) in [5.41, 5.74) is 0.165. The van der Waals surface area contributed by atoms with Gasteiger partial charge in [0.15, 0.2) is 0 Å². The van der Waals surface area contributed by atoms with Crippen molar-refractivity contribution in [2.45, 2.75) is 37.9 Å². The number of aromatic nitrogens is 2. The summed E-state index contributed by atoms with van der Waals surface area (Å²) in [5, 5.41) is 13.2. The van der Waals surface area contributed by atoms with Crippen LogP contribution in [-0.2, 0) is 6.18 Å². The lowest BCUT2D eigenvalue weighted by atomic mass is 10.0. The molecule has 1 saturated carbocycles. The number of benzene rings is 1. The van der Waals surface area contributed by atoms with E-state index in [1.54, 1.807) is 18.5 Å². The quantitative estimate of drug-likeness (QED) is 0.816. The first-order valence-corrected chi connectivity index (χ1v) is 7.14. The third-order valence-corrected chi connectivity index (χ3v) is 4.02. The molecule has 1 fully saturated rings. The molecule has 0 saturated heterocycles. The van der Waals surface area contributed by atoms with Crippen molar-refractivity contribution < 1.29 is 13.2 Å². The molecule has 1 aliphatic rings. The Labute approximate surface area is 126 Å². The van der Waals surface area contributed by atoms with Crippen LogP contribution in [0.2, 0.25) is 0 Å². The Bertz CT molecular complexity index is 719. The fraction of sp³-hybridized carbons (Fsp3) is 0.375. The van der Waals surface area contributed by atoms with Crippen molar-refractivity contribution in [2.75, 3.05) is 0 Å². The number of alkyl halides is 3. The molecule has 1 heterocycles. The van der Waals surface area contributed by atoms with Crippen molar-refractivity contribution >= 4 is 0 Å². The number of hydrogen-bond acceptors (Lipinski definition) is 2. The molecular weight excluding hydrogens is 291 g/mol. The van der Waals surface area contributed by atoms with E-state index in [0.717, 1.165) is 37.8 Å². The molecule has 0 amide bonds. The van der Waals surface area contributed by atoms with E-state index in [4.69, 9.17) is 5.26 Å². The lowest BCUT2D eigenvalue weighted by Gasteiger charge is -2.10. The molecule has 1 aromatic heterocycles. The van der Waals surface area contributed by atoms with Gasteiger partial charge in [-0.05, 0) is 36.6 Å².